The predicted molar refractivity (Wildman–Crippen MR) is 119 cm³/mol. The van der Waals surface area contributed by atoms with Crippen molar-refractivity contribution in [1.82, 2.24) is 15.2 Å². The standard InChI is InChI=1S/C21H21ClN4O3S/c1-26-5-4-13(10-26)21(28)23-9-20(27)25-19-12-30-11-18(24-19)14-6-15(22)8-17(7-14)29-16-2-3-16/h4-8,10-11,16H,2-3,9,12H2,1H3,(H,23,28)(H,24,25,27). The van der Waals surface area contributed by atoms with E-state index in [4.69, 9.17) is 16.3 Å². The van der Waals surface area contributed by atoms with E-state index in [-0.39, 0.29) is 24.5 Å². The van der Waals surface area contributed by atoms with E-state index >= 15 is 0 Å². The third-order valence-corrected chi connectivity index (χ3v) is 5.50. The molecule has 1 aliphatic carbocycles. The van der Waals surface area contributed by atoms with Gasteiger partial charge in [0.05, 0.1) is 29.7 Å². The lowest BCUT2D eigenvalue weighted by Gasteiger charge is -2.15. The number of thioether (sulfide) groups is 1. The molecule has 7 nitrogen and oxygen atoms in total. The second kappa shape index (κ2) is 8.97. The molecule has 9 heteroatoms. The largest absolute Gasteiger partial charge is 0.490 e. The average Bonchev–Trinajstić information content (AvgIpc) is 3.42. The number of nitrogens with one attached hydrogen (secondary N) is 2. The number of aliphatic imine (C=N–C) groups is 1. The van der Waals surface area contributed by atoms with Crippen molar-refractivity contribution >= 4 is 46.7 Å². The Hall–Kier alpha value is -2.71. The second-order valence-corrected chi connectivity index (χ2v) is 8.46. The van der Waals surface area contributed by atoms with Gasteiger partial charge in [0.15, 0.2) is 0 Å². The van der Waals surface area contributed by atoms with Crippen molar-refractivity contribution in [1.29, 1.82) is 0 Å². The van der Waals surface area contributed by atoms with Gasteiger partial charge in [-0.1, -0.05) is 11.6 Å². The van der Waals surface area contributed by atoms with Crippen molar-refractivity contribution in [2.75, 3.05) is 12.3 Å². The molecule has 1 aromatic heterocycles. The van der Waals surface area contributed by atoms with Gasteiger partial charge in [-0.3, -0.25) is 9.59 Å². The number of hydrogen-bond acceptors (Lipinski definition) is 5. The van der Waals surface area contributed by atoms with Gasteiger partial charge in [-0.25, -0.2) is 4.99 Å². The summed E-state index contributed by atoms with van der Waals surface area (Å²) in [5.74, 6) is 1.16. The Balaban J connectivity index is 1.37. The smallest absolute Gasteiger partial charge is 0.253 e. The molecule has 0 atom stereocenters. The normalized spacial score (nSPS) is 15.8. The second-order valence-electron chi connectivity index (χ2n) is 7.16. The summed E-state index contributed by atoms with van der Waals surface area (Å²) in [6.07, 6.45) is 5.87. The van der Waals surface area contributed by atoms with Gasteiger partial charge in [0.25, 0.3) is 5.91 Å². The third kappa shape index (κ3) is 5.46. The molecule has 0 unspecified atom stereocenters. The Labute approximate surface area is 183 Å². The number of halogens is 1. The molecule has 2 aliphatic rings. The van der Waals surface area contributed by atoms with Crippen LogP contribution in [0.4, 0.5) is 0 Å². The molecule has 2 N–H and O–H groups in total. The lowest BCUT2D eigenvalue weighted by atomic mass is 10.1. The van der Waals surface area contributed by atoms with Gasteiger partial charge < -0.3 is 19.9 Å². The first-order valence-electron chi connectivity index (χ1n) is 9.53. The molecule has 2 heterocycles. The molecule has 4 rings (SSSR count). The summed E-state index contributed by atoms with van der Waals surface area (Å²) in [4.78, 5) is 28.9. The maximum Gasteiger partial charge on any atom is 0.253 e. The molecule has 1 aromatic carbocycles. The molecular weight excluding hydrogens is 424 g/mol. The van der Waals surface area contributed by atoms with Crippen LogP contribution < -0.4 is 15.4 Å². The molecule has 1 fully saturated rings. The first-order chi connectivity index (χ1) is 14.5. The minimum absolute atomic E-state index is 0.132. The number of hydrogen-bond donors (Lipinski definition) is 2. The van der Waals surface area contributed by atoms with Crippen LogP contribution in [0.2, 0.25) is 5.02 Å². The van der Waals surface area contributed by atoms with Crippen molar-refractivity contribution in [3.05, 3.63) is 58.2 Å². The first kappa shape index (κ1) is 20.6. The highest BCUT2D eigenvalue weighted by atomic mass is 35.5. The lowest BCUT2D eigenvalue weighted by Crippen LogP contribution is -2.40. The Bertz CT molecular complexity index is 1040. The van der Waals surface area contributed by atoms with Crippen LogP contribution in [0.15, 0.2) is 47.1 Å². The molecule has 0 saturated heterocycles. The van der Waals surface area contributed by atoms with E-state index in [1.54, 1.807) is 29.1 Å². The van der Waals surface area contributed by atoms with Gasteiger partial charge in [-0.15, -0.1) is 11.8 Å². The number of benzene rings is 1. The topological polar surface area (TPSA) is 84.7 Å². The van der Waals surface area contributed by atoms with Crippen molar-refractivity contribution in [3.8, 4) is 5.75 Å². The van der Waals surface area contributed by atoms with Gasteiger partial charge in [-0.05, 0) is 42.5 Å². The van der Waals surface area contributed by atoms with E-state index in [2.05, 4.69) is 15.6 Å². The molecule has 156 valence electrons. The molecule has 30 heavy (non-hydrogen) atoms. The number of carbonyl (C=O) groups excluding carboxylic acids is 2. The zero-order chi connectivity index (χ0) is 21.1. The number of rotatable bonds is 6. The Morgan fingerprint density at radius 2 is 2.17 bits per heavy atom. The van der Waals surface area contributed by atoms with Gasteiger partial charge >= 0.3 is 0 Å². The Morgan fingerprint density at radius 1 is 1.33 bits per heavy atom. The highest BCUT2D eigenvalue weighted by Gasteiger charge is 2.24. The molecular formula is C21H21ClN4O3S. The van der Waals surface area contributed by atoms with E-state index in [1.807, 2.05) is 24.6 Å². The van der Waals surface area contributed by atoms with E-state index in [0.29, 0.717) is 27.9 Å². The average molecular weight is 445 g/mol. The number of aryl methyl sites for hydroxylation is 1. The zero-order valence-corrected chi connectivity index (χ0v) is 17.9. The lowest BCUT2D eigenvalue weighted by molar-refractivity contribution is -0.118. The summed E-state index contributed by atoms with van der Waals surface area (Å²) in [7, 11) is 1.83. The monoisotopic (exact) mass is 444 g/mol. The van der Waals surface area contributed by atoms with Crippen LogP contribution in [-0.4, -0.2) is 40.6 Å². The van der Waals surface area contributed by atoms with Crippen LogP contribution in [0.5, 0.6) is 5.75 Å². The summed E-state index contributed by atoms with van der Waals surface area (Å²) in [6.45, 7) is -0.132. The maximum absolute atomic E-state index is 12.3. The van der Waals surface area contributed by atoms with E-state index in [9.17, 15) is 9.59 Å². The Kier molecular flexibility index (Phi) is 6.15. The number of amides is 2. The van der Waals surface area contributed by atoms with Crippen molar-refractivity contribution in [2.45, 2.75) is 18.9 Å². The van der Waals surface area contributed by atoms with Gasteiger partial charge in [-0.2, -0.15) is 0 Å². The summed E-state index contributed by atoms with van der Waals surface area (Å²) >= 11 is 7.77. The summed E-state index contributed by atoms with van der Waals surface area (Å²) in [6, 6.07) is 7.22. The SMILES string of the molecule is Cn1ccc(C(=O)NCC(=O)NC2=NC(c3cc(Cl)cc(OC4CC4)c3)=CSC2)c1. The molecule has 0 bridgehead atoms. The summed E-state index contributed by atoms with van der Waals surface area (Å²) in [5.41, 5.74) is 2.04. The molecule has 0 spiro atoms. The fraction of sp³-hybridized carbons (Fsp3) is 0.286. The number of ether oxygens (including phenoxy) is 1. The highest BCUT2D eigenvalue weighted by Crippen LogP contribution is 2.33. The Morgan fingerprint density at radius 3 is 2.90 bits per heavy atom. The quantitative estimate of drug-likeness (QED) is 0.716. The predicted octanol–water partition coefficient (Wildman–Crippen LogP) is 3.21. The third-order valence-electron chi connectivity index (χ3n) is 4.45. The summed E-state index contributed by atoms with van der Waals surface area (Å²) in [5, 5.41) is 7.88. The number of aromatic nitrogens is 1. The molecule has 0 radical (unpaired) electrons. The van der Waals surface area contributed by atoms with Crippen molar-refractivity contribution in [3.63, 3.8) is 0 Å². The molecule has 2 amide bonds. The van der Waals surface area contributed by atoms with E-state index < -0.39 is 0 Å². The number of nitrogens with zero attached hydrogens (tertiary/aromatic N) is 2. The maximum atomic E-state index is 12.3. The fourth-order valence-electron chi connectivity index (χ4n) is 2.86. The van der Waals surface area contributed by atoms with Gasteiger partial charge in [0.2, 0.25) is 5.91 Å². The van der Waals surface area contributed by atoms with E-state index in [1.165, 1.54) is 11.8 Å². The number of amidine groups is 1. The van der Waals surface area contributed by atoms with Crippen LogP contribution in [0.3, 0.4) is 0 Å². The first-order valence-corrected chi connectivity index (χ1v) is 11.0. The minimum Gasteiger partial charge on any atom is -0.490 e. The van der Waals surface area contributed by atoms with Crippen molar-refractivity contribution < 1.29 is 14.3 Å². The van der Waals surface area contributed by atoms with Crippen LogP contribution in [0.25, 0.3) is 5.70 Å². The van der Waals surface area contributed by atoms with E-state index in [0.717, 1.165) is 24.2 Å². The minimum atomic E-state index is -0.330. The molecule has 1 aliphatic heterocycles. The van der Waals surface area contributed by atoms with Crippen molar-refractivity contribution in [2.24, 2.45) is 12.0 Å². The van der Waals surface area contributed by atoms with Crippen LogP contribution in [0, 0.1) is 0 Å². The number of carbonyl (C=O) groups is 2. The van der Waals surface area contributed by atoms with Crippen LogP contribution in [0.1, 0.15) is 28.8 Å². The molecule has 2 aromatic rings. The highest BCUT2D eigenvalue weighted by molar-refractivity contribution is 8.03. The van der Waals surface area contributed by atoms with Gasteiger partial charge in [0.1, 0.15) is 11.6 Å². The summed E-state index contributed by atoms with van der Waals surface area (Å²) < 4.78 is 7.61. The fourth-order valence-corrected chi connectivity index (χ4v) is 3.81. The van der Waals surface area contributed by atoms with Gasteiger partial charge in [0, 0.05) is 30.0 Å². The van der Waals surface area contributed by atoms with Crippen LogP contribution in [-0.2, 0) is 11.8 Å². The zero-order valence-electron chi connectivity index (χ0n) is 16.4. The molecule has 1 saturated carbocycles. The van der Waals surface area contributed by atoms with Crippen LogP contribution >= 0.6 is 23.4 Å².